The van der Waals surface area contributed by atoms with E-state index in [9.17, 15) is 9.59 Å². The summed E-state index contributed by atoms with van der Waals surface area (Å²) in [5.41, 5.74) is 0. The van der Waals surface area contributed by atoms with Crippen molar-refractivity contribution in [3.8, 4) is 5.75 Å². The molecule has 1 N–H and O–H groups in total. The molecule has 17 heavy (non-hydrogen) atoms. The maximum Gasteiger partial charge on any atom is 0.327 e. The standard InChI is InChI=1S/C10H11NO4S2/c1-15-6-2-8(17-3-6)9(12)11-5-16-4-7(11)10(13)14/h2-3,7H,4-5H2,1H3,(H,13,14)/t7-/m0/s1. The summed E-state index contributed by atoms with van der Waals surface area (Å²) in [5.74, 6) is 0.305. The van der Waals surface area contributed by atoms with Gasteiger partial charge in [0.05, 0.1) is 17.9 Å². The number of rotatable bonds is 3. The number of thiophene rings is 1. The Morgan fingerprint density at radius 3 is 2.94 bits per heavy atom. The maximum atomic E-state index is 12.1. The molecule has 0 aliphatic carbocycles. The van der Waals surface area contributed by atoms with Gasteiger partial charge in [0.2, 0.25) is 0 Å². The number of hydrogen-bond donors (Lipinski definition) is 1. The Hall–Kier alpha value is -1.21. The fraction of sp³-hybridized carbons (Fsp3) is 0.400. The first-order valence-corrected chi connectivity index (χ1v) is 6.91. The van der Waals surface area contributed by atoms with Gasteiger partial charge in [-0.25, -0.2) is 4.79 Å². The third kappa shape index (κ3) is 2.39. The van der Waals surface area contributed by atoms with Crippen molar-refractivity contribution in [2.75, 3.05) is 18.7 Å². The zero-order valence-corrected chi connectivity index (χ0v) is 10.7. The molecular formula is C10H11NO4S2. The second kappa shape index (κ2) is 4.97. The number of amides is 1. The van der Waals surface area contributed by atoms with Crippen molar-refractivity contribution >= 4 is 35.0 Å². The highest BCUT2D eigenvalue weighted by molar-refractivity contribution is 7.99. The SMILES string of the molecule is COc1csc(C(=O)N2CSC[C@H]2C(=O)O)c1. The van der Waals surface area contributed by atoms with E-state index < -0.39 is 12.0 Å². The monoisotopic (exact) mass is 273 g/mol. The van der Waals surface area contributed by atoms with Crippen LogP contribution >= 0.6 is 23.1 Å². The molecule has 0 bridgehead atoms. The van der Waals surface area contributed by atoms with Gasteiger partial charge in [-0.05, 0) is 0 Å². The van der Waals surface area contributed by atoms with Crippen LogP contribution in [0.1, 0.15) is 9.67 Å². The number of carbonyl (C=O) groups excluding carboxylic acids is 1. The molecule has 2 heterocycles. The third-order valence-electron chi connectivity index (χ3n) is 2.45. The van der Waals surface area contributed by atoms with Gasteiger partial charge in [-0.3, -0.25) is 4.79 Å². The molecule has 1 atom stereocenters. The zero-order chi connectivity index (χ0) is 12.4. The minimum atomic E-state index is -0.952. The van der Waals surface area contributed by atoms with Gasteiger partial charge in [-0.15, -0.1) is 23.1 Å². The molecule has 7 heteroatoms. The lowest BCUT2D eigenvalue weighted by Crippen LogP contribution is -2.41. The lowest BCUT2D eigenvalue weighted by Gasteiger charge is -2.19. The average molecular weight is 273 g/mol. The van der Waals surface area contributed by atoms with Gasteiger partial charge >= 0.3 is 5.97 Å². The van der Waals surface area contributed by atoms with Gasteiger partial charge in [-0.2, -0.15) is 0 Å². The van der Waals surface area contributed by atoms with Crippen molar-refractivity contribution < 1.29 is 19.4 Å². The van der Waals surface area contributed by atoms with Crippen LogP contribution in [0.15, 0.2) is 11.4 Å². The normalized spacial score (nSPS) is 19.4. The molecule has 5 nitrogen and oxygen atoms in total. The van der Waals surface area contributed by atoms with Crippen LogP contribution in [-0.4, -0.2) is 46.7 Å². The predicted octanol–water partition coefficient (Wildman–Crippen LogP) is 1.36. The molecule has 1 amide bonds. The van der Waals surface area contributed by atoms with Crippen molar-refractivity contribution in [1.29, 1.82) is 0 Å². The second-order valence-electron chi connectivity index (χ2n) is 3.48. The number of methoxy groups -OCH3 is 1. The second-order valence-corrected chi connectivity index (χ2v) is 5.39. The van der Waals surface area contributed by atoms with E-state index in [0.29, 0.717) is 22.3 Å². The molecular weight excluding hydrogens is 262 g/mol. The van der Waals surface area contributed by atoms with E-state index in [1.807, 2.05) is 0 Å². The Morgan fingerprint density at radius 2 is 2.35 bits per heavy atom. The Morgan fingerprint density at radius 1 is 1.59 bits per heavy atom. The molecule has 1 aliphatic heterocycles. The van der Waals surface area contributed by atoms with Crippen molar-refractivity contribution in [2.24, 2.45) is 0 Å². The summed E-state index contributed by atoms with van der Waals surface area (Å²) in [6.45, 7) is 0. The highest BCUT2D eigenvalue weighted by Crippen LogP contribution is 2.27. The van der Waals surface area contributed by atoms with Crippen LogP contribution in [0.3, 0.4) is 0 Å². The van der Waals surface area contributed by atoms with Crippen LogP contribution in [-0.2, 0) is 4.79 Å². The summed E-state index contributed by atoms with van der Waals surface area (Å²) in [4.78, 5) is 25.0. The Kier molecular flexibility index (Phi) is 3.58. The summed E-state index contributed by atoms with van der Waals surface area (Å²) in [7, 11) is 1.53. The minimum absolute atomic E-state index is 0.240. The summed E-state index contributed by atoms with van der Waals surface area (Å²) in [6.07, 6.45) is 0. The Bertz CT molecular complexity index is 445. The Balaban J connectivity index is 2.16. The molecule has 92 valence electrons. The van der Waals surface area contributed by atoms with Crippen LogP contribution < -0.4 is 4.74 Å². The topological polar surface area (TPSA) is 66.8 Å². The van der Waals surface area contributed by atoms with Crippen molar-refractivity contribution in [2.45, 2.75) is 6.04 Å². The third-order valence-corrected chi connectivity index (χ3v) is 4.36. The van der Waals surface area contributed by atoms with Crippen LogP contribution in [0.25, 0.3) is 0 Å². The first-order chi connectivity index (χ1) is 8.13. The first kappa shape index (κ1) is 12.3. The molecule has 0 aromatic carbocycles. The number of hydrogen-bond acceptors (Lipinski definition) is 5. The summed E-state index contributed by atoms with van der Waals surface area (Å²) in [6, 6.07) is 0.912. The number of carbonyl (C=O) groups is 2. The highest BCUT2D eigenvalue weighted by atomic mass is 32.2. The van der Waals surface area contributed by atoms with Gasteiger partial charge in [0, 0.05) is 17.2 Å². The smallest absolute Gasteiger partial charge is 0.327 e. The van der Waals surface area contributed by atoms with Crippen LogP contribution in [0.4, 0.5) is 0 Å². The predicted molar refractivity (Wildman–Crippen MR) is 65.8 cm³/mol. The van der Waals surface area contributed by atoms with E-state index in [0.717, 1.165) is 0 Å². The number of aliphatic carboxylic acids is 1. The van der Waals surface area contributed by atoms with E-state index in [1.54, 1.807) is 11.4 Å². The fourth-order valence-electron chi connectivity index (χ4n) is 1.53. The number of carboxylic acid groups (broad SMARTS) is 1. The molecule has 1 aromatic heterocycles. The van der Waals surface area contributed by atoms with Crippen molar-refractivity contribution in [1.82, 2.24) is 4.90 Å². The molecule has 0 unspecified atom stereocenters. The molecule has 0 saturated carbocycles. The molecule has 1 saturated heterocycles. The van der Waals surface area contributed by atoms with E-state index in [1.165, 1.54) is 35.1 Å². The van der Waals surface area contributed by atoms with Gasteiger partial charge in [0.25, 0.3) is 5.91 Å². The zero-order valence-electron chi connectivity index (χ0n) is 9.08. The van der Waals surface area contributed by atoms with E-state index in [-0.39, 0.29) is 5.91 Å². The average Bonchev–Trinajstić information content (AvgIpc) is 2.97. The summed E-state index contributed by atoms with van der Waals surface area (Å²) >= 11 is 2.72. The number of carboxylic acids is 1. The molecule has 0 spiro atoms. The quantitative estimate of drug-likeness (QED) is 0.900. The summed E-state index contributed by atoms with van der Waals surface area (Å²) < 4.78 is 5.00. The van der Waals surface area contributed by atoms with Gasteiger partial charge in [-0.1, -0.05) is 0 Å². The van der Waals surface area contributed by atoms with E-state index in [2.05, 4.69) is 0 Å². The van der Waals surface area contributed by atoms with Crippen molar-refractivity contribution in [3.63, 3.8) is 0 Å². The van der Waals surface area contributed by atoms with Crippen LogP contribution in [0.2, 0.25) is 0 Å². The van der Waals surface area contributed by atoms with Crippen LogP contribution in [0.5, 0.6) is 5.75 Å². The maximum absolute atomic E-state index is 12.1. The van der Waals surface area contributed by atoms with Crippen LogP contribution in [0, 0.1) is 0 Å². The number of ether oxygens (including phenoxy) is 1. The van der Waals surface area contributed by atoms with E-state index in [4.69, 9.17) is 9.84 Å². The van der Waals surface area contributed by atoms with Gasteiger partial charge in [0.1, 0.15) is 11.8 Å². The molecule has 0 radical (unpaired) electrons. The number of nitrogens with zero attached hydrogens (tertiary/aromatic N) is 1. The van der Waals surface area contributed by atoms with E-state index >= 15 is 0 Å². The van der Waals surface area contributed by atoms with Gasteiger partial charge in [0.15, 0.2) is 0 Å². The molecule has 1 aromatic rings. The highest BCUT2D eigenvalue weighted by Gasteiger charge is 2.35. The first-order valence-electron chi connectivity index (χ1n) is 4.87. The lowest BCUT2D eigenvalue weighted by atomic mass is 10.3. The number of thioether (sulfide) groups is 1. The molecule has 2 rings (SSSR count). The fourth-order valence-corrected chi connectivity index (χ4v) is 3.48. The summed E-state index contributed by atoms with van der Waals surface area (Å²) in [5, 5.41) is 10.7. The lowest BCUT2D eigenvalue weighted by molar-refractivity contribution is -0.140. The van der Waals surface area contributed by atoms with Gasteiger partial charge < -0.3 is 14.7 Å². The van der Waals surface area contributed by atoms with Crippen molar-refractivity contribution in [3.05, 3.63) is 16.3 Å². The molecule has 1 aliphatic rings. The molecule has 1 fully saturated rings. The minimum Gasteiger partial charge on any atom is -0.496 e. The Labute approximate surface area is 106 Å². The largest absolute Gasteiger partial charge is 0.496 e.